The summed E-state index contributed by atoms with van der Waals surface area (Å²) in [6.07, 6.45) is 26.8. The Morgan fingerprint density at radius 2 is 1.05 bits per heavy atom. The second-order valence-corrected chi connectivity index (χ2v) is 9.00. The molecule has 1 atom stereocenters. The van der Waals surface area contributed by atoms with Crippen molar-refractivity contribution in [1.29, 1.82) is 0 Å². The zero-order chi connectivity index (χ0) is 16.3. The molecule has 0 aromatic rings. The first-order chi connectivity index (χ1) is 10.8. The lowest BCUT2D eigenvalue weighted by atomic mass is 10.0. The van der Waals surface area contributed by atoms with Crippen molar-refractivity contribution in [2.24, 2.45) is 0 Å². The maximum Gasteiger partial charge on any atom is 0.00712 e. The van der Waals surface area contributed by atoms with Gasteiger partial charge in [0.1, 0.15) is 0 Å². The first-order valence-corrected chi connectivity index (χ1v) is 11.6. The minimum atomic E-state index is 0.986. The molecule has 1 heteroatoms. The molecule has 0 N–H and O–H groups in total. The lowest BCUT2D eigenvalue weighted by Gasteiger charge is -2.07. The highest BCUT2D eigenvalue weighted by atomic mass is 28.1. The maximum absolute atomic E-state index is 3.84. The van der Waals surface area contributed by atoms with Crippen LogP contribution in [0.15, 0.2) is 12.7 Å². The van der Waals surface area contributed by atoms with Gasteiger partial charge in [-0.3, -0.25) is 0 Å². The van der Waals surface area contributed by atoms with Crippen molar-refractivity contribution in [1.82, 2.24) is 0 Å². The molecule has 1 unspecified atom stereocenters. The Labute approximate surface area is 145 Å². The van der Waals surface area contributed by atoms with Crippen LogP contribution in [0.3, 0.4) is 0 Å². The van der Waals surface area contributed by atoms with E-state index >= 15 is 0 Å². The average Bonchev–Trinajstić information content (AvgIpc) is 2.51. The molecule has 0 bridgehead atoms. The van der Waals surface area contributed by atoms with Crippen LogP contribution in [0.25, 0.3) is 0 Å². The van der Waals surface area contributed by atoms with Gasteiger partial charge in [-0.1, -0.05) is 121 Å². The molecule has 132 valence electrons. The van der Waals surface area contributed by atoms with Gasteiger partial charge in [0.05, 0.1) is 0 Å². The van der Waals surface area contributed by atoms with Crippen LogP contribution < -0.4 is 0 Å². The van der Waals surface area contributed by atoms with Crippen LogP contribution in [0, 0.1) is 0 Å². The van der Waals surface area contributed by atoms with Crippen molar-refractivity contribution >= 4 is 10.2 Å². The summed E-state index contributed by atoms with van der Waals surface area (Å²) in [6, 6.07) is 0. The van der Waals surface area contributed by atoms with Crippen molar-refractivity contribution < 1.29 is 0 Å². The largest absolute Gasteiger partial charge is 0.103 e. The quantitative estimate of drug-likeness (QED) is 0.145. The first kappa shape index (κ1) is 22.0. The minimum absolute atomic E-state index is 0.986. The summed E-state index contributed by atoms with van der Waals surface area (Å²) < 4.78 is 0. The van der Waals surface area contributed by atoms with Crippen molar-refractivity contribution in [3.8, 4) is 0 Å². The van der Waals surface area contributed by atoms with E-state index in [1.807, 2.05) is 0 Å². The van der Waals surface area contributed by atoms with Gasteiger partial charge in [-0.25, -0.2) is 0 Å². The van der Waals surface area contributed by atoms with E-state index in [4.69, 9.17) is 0 Å². The van der Waals surface area contributed by atoms with Gasteiger partial charge in [0.15, 0.2) is 0 Å². The Balaban J connectivity index is 3.01. The van der Waals surface area contributed by atoms with Crippen LogP contribution in [0.1, 0.15) is 116 Å². The Morgan fingerprint density at radius 1 is 0.682 bits per heavy atom. The van der Waals surface area contributed by atoms with Gasteiger partial charge >= 0.3 is 0 Å². The molecule has 0 heterocycles. The highest BCUT2D eigenvalue weighted by molar-refractivity contribution is 6.11. The highest BCUT2D eigenvalue weighted by Crippen LogP contribution is 2.18. The molecule has 0 aliphatic carbocycles. The molecule has 0 radical (unpaired) electrons. The predicted molar refractivity (Wildman–Crippen MR) is 108 cm³/mol. The maximum atomic E-state index is 3.84. The normalized spacial score (nSPS) is 12.6. The molecule has 0 aliphatic heterocycles. The molecule has 0 spiro atoms. The molecule has 0 aromatic carbocycles. The number of hydrogen-bond donors (Lipinski definition) is 0. The van der Waals surface area contributed by atoms with E-state index in [1.165, 1.54) is 119 Å². The summed E-state index contributed by atoms with van der Waals surface area (Å²) in [5.74, 6) is 0. The molecule has 0 rings (SSSR count). The molecule has 0 fully saturated rings. The number of allylic oxidation sites excluding steroid dienone is 1. The molecule has 0 amide bonds. The molecular weight excluding hydrogens is 280 g/mol. The zero-order valence-electron chi connectivity index (χ0n) is 15.9. The third-order valence-electron chi connectivity index (χ3n) is 4.87. The van der Waals surface area contributed by atoms with E-state index in [0.717, 1.165) is 5.54 Å². The number of hydrogen-bond acceptors (Lipinski definition) is 0. The average molecular weight is 325 g/mol. The van der Waals surface area contributed by atoms with Crippen LogP contribution in [-0.2, 0) is 0 Å². The Hall–Kier alpha value is -0.0431. The summed E-state index contributed by atoms with van der Waals surface area (Å²) >= 11 is 0. The van der Waals surface area contributed by atoms with Crippen molar-refractivity contribution in [2.45, 2.75) is 122 Å². The lowest BCUT2D eigenvalue weighted by Crippen LogP contribution is -1.91. The van der Waals surface area contributed by atoms with Crippen molar-refractivity contribution in [3.05, 3.63) is 12.7 Å². The van der Waals surface area contributed by atoms with Crippen LogP contribution in [0.5, 0.6) is 0 Å². The minimum Gasteiger partial charge on any atom is -0.103 e. The van der Waals surface area contributed by atoms with E-state index < -0.39 is 0 Å². The molecule has 0 saturated heterocycles. The van der Waals surface area contributed by atoms with E-state index in [9.17, 15) is 0 Å². The van der Waals surface area contributed by atoms with Crippen molar-refractivity contribution in [2.75, 3.05) is 0 Å². The molecule has 22 heavy (non-hydrogen) atoms. The fraction of sp³-hybridized carbons (Fsp3) is 0.905. The van der Waals surface area contributed by atoms with Gasteiger partial charge in [-0.05, 0) is 6.42 Å². The Morgan fingerprint density at radius 3 is 1.41 bits per heavy atom. The molecule has 0 aliphatic rings. The van der Waals surface area contributed by atoms with Gasteiger partial charge in [0.2, 0.25) is 0 Å². The topological polar surface area (TPSA) is 0 Å². The van der Waals surface area contributed by atoms with Crippen LogP contribution in [0.4, 0.5) is 0 Å². The fourth-order valence-electron chi connectivity index (χ4n) is 3.27. The summed E-state index contributed by atoms with van der Waals surface area (Å²) in [6.45, 7) is 6.14. The monoisotopic (exact) mass is 324 g/mol. The van der Waals surface area contributed by atoms with Crippen LogP contribution >= 0.6 is 0 Å². The molecule has 0 aromatic heterocycles. The predicted octanol–water partition coefficient (Wildman–Crippen LogP) is 6.98. The second kappa shape index (κ2) is 19.0. The van der Waals surface area contributed by atoms with Gasteiger partial charge < -0.3 is 0 Å². The zero-order valence-corrected chi connectivity index (χ0v) is 17.9. The third kappa shape index (κ3) is 18.0. The first-order valence-electron chi connectivity index (χ1n) is 10.4. The number of unbranched alkanes of at least 4 members (excludes halogenated alkanes) is 14. The van der Waals surface area contributed by atoms with Gasteiger partial charge in [0.25, 0.3) is 0 Å². The van der Waals surface area contributed by atoms with Crippen molar-refractivity contribution in [3.63, 3.8) is 0 Å². The molecular formula is C21H44Si. The summed E-state index contributed by atoms with van der Waals surface area (Å²) in [5.41, 5.74) is 0.986. The van der Waals surface area contributed by atoms with Crippen LogP contribution in [-0.4, -0.2) is 10.2 Å². The second-order valence-electron chi connectivity index (χ2n) is 7.37. The molecule has 0 nitrogen and oxygen atoms in total. The van der Waals surface area contributed by atoms with Gasteiger partial charge in [-0.15, -0.1) is 6.58 Å². The highest BCUT2D eigenvalue weighted by Gasteiger charge is 1.99. The SMILES string of the molecule is C=CCC([SiH3])CCCCCCCCCCCCCCCCC. The van der Waals surface area contributed by atoms with E-state index in [2.05, 4.69) is 19.6 Å². The van der Waals surface area contributed by atoms with E-state index in [0.29, 0.717) is 0 Å². The van der Waals surface area contributed by atoms with E-state index in [-0.39, 0.29) is 0 Å². The third-order valence-corrected chi connectivity index (χ3v) is 5.92. The lowest BCUT2D eigenvalue weighted by molar-refractivity contribution is 0.527. The summed E-state index contributed by atoms with van der Waals surface area (Å²) in [4.78, 5) is 0. The Kier molecular flexibility index (Phi) is 19.0. The Bertz CT molecular complexity index is 212. The molecule has 0 saturated carbocycles. The van der Waals surface area contributed by atoms with Crippen LogP contribution in [0.2, 0.25) is 5.54 Å². The standard InChI is InChI=1S/C21H44Si/c1-3-5-6-7-8-9-10-11-12-13-14-15-16-17-18-20-21(22)19-4-2/h4,21H,2-3,5-20H2,1,22H3. The summed E-state index contributed by atoms with van der Waals surface area (Å²) in [7, 11) is 1.35. The van der Waals surface area contributed by atoms with E-state index in [1.54, 1.807) is 0 Å². The number of rotatable bonds is 18. The fourth-order valence-corrected chi connectivity index (χ4v) is 4.01. The van der Waals surface area contributed by atoms with Gasteiger partial charge in [0, 0.05) is 10.2 Å². The summed E-state index contributed by atoms with van der Waals surface area (Å²) in [5, 5.41) is 0. The smallest absolute Gasteiger partial charge is 0.00712 e. The van der Waals surface area contributed by atoms with Gasteiger partial charge in [-0.2, -0.15) is 0 Å².